The highest BCUT2D eigenvalue weighted by molar-refractivity contribution is 5.92. The summed E-state index contributed by atoms with van der Waals surface area (Å²) in [6, 6.07) is 39.4. The summed E-state index contributed by atoms with van der Waals surface area (Å²) in [4.78, 5) is 27.5. The molecule has 4 aromatic carbocycles. The Morgan fingerprint density at radius 2 is 0.800 bits per heavy atom. The summed E-state index contributed by atoms with van der Waals surface area (Å²) < 4.78 is 12.9. The molecular weight excluding hydrogens is 620 g/mol. The van der Waals surface area contributed by atoms with Gasteiger partial charge in [-0.1, -0.05) is 149 Å². The molecule has 0 heterocycles. The maximum absolute atomic E-state index is 13.8. The molecule has 0 saturated heterocycles. The summed E-state index contributed by atoms with van der Waals surface area (Å²) in [7, 11) is 0. The lowest BCUT2D eigenvalue weighted by Gasteiger charge is -2.35. The zero-order valence-corrected chi connectivity index (χ0v) is 30.1. The first-order chi connectivity index (χ1) is 24.2. The van der Waals surface area contributed by atoms with Gasteiger partial charge in [-0.2, -0.15) is 0 Å². The van der Waals surface area contributed by atoms with Gasteiger partial charge < -0.3 is 20.1 Å². The molecule has 50 heavy (non-hydrogen) atoms. The summed E-state index contributed by atoms with van der Waals surface area (Å²) in [5.41, 5.74) is 1.40. The van der Waals surface area contributed by atoms with Crippen LogP contribution in [-0.2, 0) is 30.3 Å². The van der Waals surface area contributed by atoms with E-state index in [4.69, 9.17) is 9.47 Å². The molecule has 0 aliphatic carbocycles. The van der Waals surface area contributed by atoms with Crippen molar-refractivity contribution in [1.29, 1.82) is 0 Å². The van der Waals surface area contributed by atoms with E-state index in [9.17, 15) is 9.59 Å². The lowest BCUT2D eigenvalue weighted by atomic mass is 9.82. The Kier molecular flexibility index (Phi) is 15.0. The van der Waals surface area contributed by atoms with Gasteiger partial charge in [0.2, 0.25) is 0 Å². The third-order valence-corrected chi connectivity index (χ3v) is 8.74. The van der Waals surface area contributed by atoms with Gasteiger partial charge in [-0.25, -0.2) is 9.59 Å². The third-order valence-electron chi connectivity index (χ3n) is 8.74. The highest BCUT2D eigenvalue weighted by atomic mass is 16.6. The second kappa shape index (κ2) is 19.6. The van der Waals surface area contributed by atoms with Gasteiger partial charge in [0.25, 0.3) is 0 Å². The van der Waals surface area contributed by atoms with Crippen LogP contribution in [-0.4, -0.2) is 38.1 Å². The van der Waals surface area contributed by atoms with Crippen LogP contribution in [0.15, 0.2) is 133 Å². The van der Waals surface area contributed by atoms with Crippen molar-refractivity contribution in [2.45, 2.75) is 64.6 Å². The van der Waals surface area contributed by atoms with Crippen LogP contribution < -0.4 is 10.6 Å². The topological polar surface area (TPSA) is 76.7 Å². The van der Waals surface area contributed by atoms with Gasteiger partial charge in [0.05, 0.1) is 0 Å². The van der Waals surface area contributed by atoms with E-state index in [1.165, 1.54) is 12.2 Å². The molecule has 0 amide bonds. The highest BCUT2D eigenvalue weighted by Gasteiger charge is 2.39. The lowest BCUT2D eigenvalue weighted by Crippen LogP contribution is -2.35. The van der Waals surface area contributed by atoms with E-state index in [1.54, 1.807) is 0 Å². The van der Waals surface area contributed by atoms with Gasteiger partial charge in [0, 0.05) is 34.4 Å². The number of nitrogens with one attached hydrogen (secondary N) is 2. The number of ether oxygens (including phenoxy) is 2. The summed E-state index contributed by atoms with van der Waals surface area (Å²) in [6.45, 7) is 12.1. The van der Waals surface area contributed by atoms with Gasteiger partial charge in [-0.3, -0.25) is 0 Å². The smallest absolute Gasteiger partial charge is 0.332 e. The minimum atomic E-state index is -1.05. The van der Waals surface area contributed by atoms with E-state index in [2.05, 4.69) is 38.3 Å². The van der Waals surface area contributed by atoms with Crippen molar-refractivity contribution in [3.05, 3.63) is 156 Å². The number of carbonyl (C=O) groups is 2. The number of esters is 2. The average molecular weight is 675 g/mol. The minimum absolute atomic E-state index is 0.537. The van der Waals surface area contributed by atoms with Gasteiger partial charge in [-0.15, -0.1) is 0 Å². The van der Waals surface area contributed by atoms with Crippen LogP contribution in [0.4, 0.5) is 0 Å². The molecule has 0 saturated carbocycles. The Labute approximate surface area is 299 Å². The molecule has 0 bridgehead atoms. The van der Waals surface area contributed by atoms with Crippen LogP contribution in [0.2, 0.25) is 0 Å². The maximum atomic E-state index is 13.8. The largest absolute Gasteiger partial charge is 0.446 e. The first-order valence-electron chi connectivity index (χ1n) is 18.0. The molecule has 2 N–H and O–H groups in total. The number of hydrogen-bond donors (Lipinski definition) is 2. The van der Waals surface area contributed by atoms with Crippen molar-refractivity contribution in [1.82, 2.24) is 10.6 Å². The van der Waals surface area contributed by atoms with Crippen LogP contribution in [0.1, 0.15) is 75.6 Å². The molecule has 4 aromatic rings. The highest BCUT2D eigenvalue weighted by Crippen LogP contribution is 2.40. The zero-order chi connectivity index (χ0) is 35.7. The number of rotatable bonds is 20. The van der Waals surface area contributed by atoms with E-state index >= 15 is 0 Å². The predicted molar refractivity (Wildman–Crippen MR) is 203 cm³/mol. The van der Waals surface area contributed by atoms with Crippen molar-refractivity contribution >= 4 is 11.9 Å². The summed E-state index contributed by atoms with van der Waals surface area (Å²) >= 11 is 0. The fourth-order valence-corrected chi connectivity index (χ4v) is 6.33. The SMILES string of the molecule is CC(C)CNCCCC(OC(=O)/C=C\C(=O)OC(CCCNCC(C)C)(c1ccccc1)c1ccccc1)(c1ccccc1)c1ccccc1. The quantitative estimate of drug-likeness (QED) is 0.0556. The van der Waals surface area contributed by atoms with Gasteiger partial charge in [0.15, 0.2) is 11.2 Å². The summed E-state index contributed by atoms with van der Waals surface area (Å²) in [6.07, 6.45) is 5.07. The van der Waals surface area contributed by atoms with Gasteiger partial charge >= 0.3 is 11.9 Å². The molecule has 264 valence electrons. The Balaban J connectivity index is 1.61. The fourth-order valence-electron chi connectivity index (χ4n) is 6.33. The molecule has 0 fully saturated rings. The van der Waals surface area contributed by atoms with E-state index < -0.39 is 23.1 Å². The fraction of sp³-hybridized carbons (Fsp3) is 0.364. The molecule has 0 unspecified atom stereocenters. The Morgan fingerprint density at radius 1 is 0.520 bits per heavy atom. The standard InChI is InChI=1S/C44H54N2O4/c1-35(2)33-45-31-17-29-43(37-19-9-5-10-20-37,38-21-11-6-12-22-38)49-41(47)27-28-42(48)50-44(39-23-13-7-14-24-39,40-25-15-8-16-26-40)30-18-32-46-34-36(3)4/h5-16,19-28,35-36,45-46H,17-18,29-34H2,1-4H3/b28-27-. The minimum Gasteiger partial charge on any atom is -0.446 e. The first kappa shape index (κ1) is 38.3. The predicted octanol–water partition coefficient (Wildman–Crippen LogP) is 8.57. The van der Waals surface area contributed by atoms with Crippen LogP contribution in [0, 0.1) is 11.8 Å². The third kappa shape index (κ3) is 11.0. The van der Waals surface area contributed by atoms with Crippen molar-refractivity contribution in [2.24, 2.45) is 11.8 Å². The number of hydrogen-bond acceptors (Lipinski definition) is 6. The molecule has 0 spiro atoms. The van der Waals surface area contributed by atoms with Gasteiger partial charge in [0.1, 0.15) is 0 Å². The summed E-state index contributed by atoms with van der Waals surface area (Å²) in [5.74, 6) is -0.162. The van der Waals surface area contributed by atoms with E-state index in [-0.39, 0.29) is 0 Å². The molecule has 6 heteroatoms. The van der Waals surface area contributed by atoms with Crippen molar-refractivity contribution in [3.63, 3.8) is 0 Å². The first-order valence-corrected chi connectivity index (χ1v) is 18.0. The molecule has 0 radical (unpaired) electrons. The van der Waals surface area contributed by atoms with Crippen molar-refractivity contribution in [2.75, 3.05) is 26.2 Å². The second-order valence-electron chi connectivity index (χ2n) is 13.7. The van der Waals surface area contributed by atoms with Crippen LogP contribution in [0.25, 0.3) is 0 Å². The molecule has 0 aliphatic rings. The average Bonchev–Trinajstić information content (AvgIpc) is 3.14. The normalized spacial score (nSPS) is 12.0. The molecule has 0 aromatic heterocycles. The second-order valence-corrected chi connectivity index (χ2v) is 13.7. The number of carbonyl (C=O) groups excluding carboxylic acids is 2. The maximum Gasteiger partial charge on any atom is 0.332 e. The Hall–Kier alpha value is -4.52. The molecule has 4 rings (SSSR count). The van der Waals surface area contributed by atoms with E-state index in [0.717, 1.165) is 61.3 Å². The van der Waals surface area contributed by atoms with Gasteiger partial charge in [-0.05, 0) is 63.7 Å². The van der Waals surface area contributed by atoms with Crippen molar-refractivity contribution < 1.29 is 19.1 Å². The number of benzene rings is 4. The molecule has 0 aliphatic heterocycles. The van der Waals surface area contributed by atoms with E-state index in [1.807, 2.05) is 121 Å². The lowest BCUT2D eigenvalue weighted by molar-refractivity contribution is -0.154. The molecule has 0 atom stereocenters. The molecule has 6 nitrogen and oxygen atoms in total. The van der Waals surface area contributed by atoms with Crippen LogP contribution in [0.5, 0.6) is 0 Å². The zero-order valence-electron chi connectivity index (χ0n) is 30.1. The Bertz CT molecular complexity index is 1390. The summed E-state index contributed by atoms with van der Waals surface area (Å²) in [5, 5.41) is 7.02. The molecular formula is C44H54N2O4. The van der Waals surface area contributed by atoms with Crippen LogP contribution in [0.3, 0.4) is 0 Å². The van der Waals surface area contributed by atoms with Crippen LogP contribution >= 0.6 is 0 Å². The van der Waals surface area contributed by atoms with E-state index in [0.29, 0.717) is 24.7 Å². The van der Waals surface area contributed by atoms with Crippen molar-refractivity contribution in [3.8, 4) is 0 Å². The monoisotopic (exact) mass is 674 g/mol. The Morgan fingerprint density at radius 3 is 1.06 bits per heavy atom.